The van der Waals surface area contributed by atoms with Crippen molar-refractivity contribution in [1.29, 1.82) is 0 Å². The van der Waals surface area contributed by atoms with Crippen molar-refractivity contribution in [3.8, 4) is 0 Å². The average Bonchev–Trinajstić information content (AvgIpc) is 3.54. The summed E-state index contributed by atoms with van der Waals surface area (Å²) in [6.07, 6.45) is 97.0. The molecule has 0 aliphatic heterocycles. The van der Waals surface area contributed by atoms with Gasteiger partial charge in [-0.25, -0.2) is 0 Å². The summed E-state index contributed by atoms with van der Waals surface area (Å²) >= 11 is 0. The van der Waals surface area contributed by atoms with Crippen LogP contribution in [0.25, 0.3) is 0 Å². The standard InChI is InChI=1S/C80H155NO5/c1-3-5-7-9-11-13-15-17-19-20-21-22-32-35-38-41-45-48-52-56-60-64-68-72-78(83)77(76-82)81-79(84)73-69-65-61-57-53-49-46-42-39-36-33-30-28-26-24-23-25-27-29-31-34-37-40-43-47-51-55-59-63-67-71-75-86-80(85)74-70-66-62-58-54-50-44-18-16-14-12-10-8-6-4-2/h12,14,18,44,77-78,82-83H,3-11,13,15-17,19-43,45-76H2,1-2H3,(H,81,84)/b14-12-,44-18-. The molecular weight excluding hydrogens is 1050 g/mol. The third kappa shape index (κ3) is 71.4. The SMILES string of the molecule is CCCCC/C=C\C/C=C\CCCCCCCC(=O)OCCCCCCCCCCCCCCCCCCCCCCCCCCCCCCCCCC(=O)NC(CO)C(O)CCCCCCCCCCCCCCCCCCCCCCCCC. The summed E-state index contributed by atoms with van der Waals surface area (Å²) in [7, 11) is 0. The van der Waals surface area contributed by atoms with Crippen molar-refractivity contribution in [3.05, 3.63) is 24.3 Å². The predicted octanol–water partition coefficient (Wildman–Crippen LogP) is 26.0. The van der Waals surface area contributed by atoms with E-state index in [9.17, 15) is 19.8 Å². The Morgan fingerprint density at radius 2 is 0.581 bits per heavy atom. The Hall–Kier alpha value is -1.66. The normalized spacial score (nSPS) is 12.6. The number of hydrogen-bond donors (Lipinski definition) is 3. The maximum Gasteiger partial charge on any atom is 0.305 e. The number of allylic oxidation sites excluding steroid dienone is 4. The van der Waals surface area contributed by atoms with Gasteiger partial charge in [0.25, 0.3) is 0 Å². The molecule has 0 radical (unpaired) electrons. The summed E-state index contributed by atoms with van der Waals surface area (Å²) in [5.41, 5.74) is 0. The van der Waals surface area contributed by atoms with Gasteiger partial charge in [-0.15, -0.1) is 0 Å². The Bertz CT molecular complexity index is 1350. The molecule has 0 aromatic carbocycles. The van der Waals surface area contributed by atoms with Gasteiger partial charge >= 0.3 is 5.97 Å². The number of nitrogens with one attached hydrogen (secondary N) is 1. The van der Waals surface area contributed by atoms with Crippen molar-refractivity contribution < 1.29 is 24.5 Å². The molecule has 0 aromatic rings. The molecule has 0 rings (SSSR count). The molecule has 0 saturated carbocycles. The van der Waals surface area contributed by atoms with E-state index < -0.39 is 12.1 Å². The van der Waals surface area contributed by atoms with Crippen LogP contribution in [-0.2, 0) is 14.3 Å². The highest BCUT2D eigenvalue weighted by Crippen LogP contribution is 2.20. The van der Waals surface area contributed by atoms with Gasteiger partial charge in [0.1, 0.15) is 0 Å². The van der Waals surface area contributed by atoms with E-state index >= 15 is 0 Å². The van der Waals surface area contributed by atoms with Gasteiger partial charge in [-0.1, -0.05) is 404 Å². The van der Waals surface area contributed by atoms with E-state index in [1.807, 2.05) is 0 Å². The van der Waals surface area contributed by atoms with Crippen molar-refractivity contribution in [2.75, 3.05) is 13.2 Å². The number of carbonyl (C=O) groups excluding carboxylic acids is 2. The molecule has 86 heavy (non-hydrogen) atoms. The van der Waals surface area contributed by atoms with Gasteiger partial charge < -0.3 is 20.3 Å². The summed E-state index contributed by atoms with van der Waals surface area (Å²) < 4.78 is 5.49. The first-order valence-corrected chi connectivity index (χ1v) is 39.6. The van der Waals surface area contributed by atoms with Gasteiger partial charge in [0.2, 0.25) is 5.91 Å². The molecule has 0 spiro atoms. The van der Waals surface area contributed by atoms with Crippen molar-refractivity contribution in [1.82, 2.24) is 5.32 Å². The molecule has 0 aliphatic carbocycles. The maximum atomic E-state index is 12.6. The van der Waals surface area contributed by atoms with Gasteiger partial charge in [0.15, 0.2) is 0 Å². The number of amides is 1. The Balaban J connectivity index is 3.33. The molecule has 6 heteroatoms. The van der Waals surface area contributed by atoms with Crippen LogP contribution < -0.4 is 5.32 Å². The molecule has 0 saturated heterocycles. The number of rotatable bonds is 75. The zero-order valence-electron chi connectivity index (χ0n) is 58.6. The molecule has 6 nitrogen and oxygen atoms in total. The van der Waals surface area contributed by atoms with Gasteiger partial charge in [0, 0.05) is 12.8 Å². The molecular formula is C80H155NO5. The molecule has 510 valence electrons. The third-order valence-corrected chi connectivity index (χ3v) is 18.8. The lowest BCUT2D eigenvalue weighted by molar-refractivity contribution is -0.143. The van der Waals surface area contributed by atoms with E-state index in [4.69, 9.17) is 4.74 Å². The number of aliphatic hydroxyl groups excluding tert-OH is 2. The van der Waals surface area contributed by atoms with Crippen molar-refractivity contribution in [2.24, 2.45) is 0 Å². The zero-order valence-corrected chi connectivity index (χ0v) is 58.6. The summed E-state index contributed by atoms with van der Waals surface area (Å²) in [6.45, 7) is 4.97. The minimum Gasteiger partial charge on any atom is -0.466 e. The first kappa shape index (κ1) is 84.3. The van der Waals surface area contributed by atoms with Gasteiger partial charge in [0.05, 0.1) is 25.4 Å². The highest BCUT2D eigenvalue weighted by atomic mass is 16.5. The Kier molecular flexibility index (Phi) is 74.3. The fraction of sp³-hybridized carbons (Fsp3) is 0.925. The van der Waals surface area contributed by atoms with Crippen molar-refractivity contribution in [3.63, 3.8) is 0 Å². The minimum absolute atomic E-state index is 0.00761. The van der Waals surface area contributed by atoms with E-state index in [0.717, 1.165) is 51.4 Å². The fourth-order valence-corrected chi connectivity index (χ4v) is 12.7. The second-order valence-electron chi connectivity index (χ2n) is 27.4. The smallest absolute Gasteiger partial charge is 0.305 e. The van der Waals surface area contributed by atoms with E-state index in [2.05, 4.69) is 43.5 Å². The molecule has 3 N–H and O–H groups in total. The summed E-state index contributed by atoms with van der Waals surface area (Å²) in [6, 6.07) is -0.539. The van der Waals surface area contributed by atoms with Crippen molar-refractivity contribution in [2.45, 2.75) is 463 Å². The van der Waals surface area contributed by atoms with Crippen LogP contribution in [0.4, 0.5) is 0 Å². The lowest BCUT2D eigenvalue weighted by Gasteiger charge is -2.22. The van der Waals surface area contributed by atoms with Crippen LogP contribution in [0.15, 0.2) is 24.3 Å². The Morgan fingerprint density at radius 1 is 0.326 bits per heavy atom. The van der Waals surface area contributed by atoms with E-state index in [0.29, 0.717) is 25.9 Å². The summed E-state index contributed by atoms with van der Waals surface area (Å²) in [5, 5.41) is 23.5. The van der Waals surface area contributed by atoms with Crippen LogP contribution in [0.1, 0.15) is 450 Å². The van der Waals surface area contributed by atoms with Crippen LogP contribution >= 0.6 is 0 Å². The van der Waals surface area contributed by atoms with Crippen LogP contribution in [0.5, 0.6) is 0 Å². The molecule has 0 heterocycles. The third-order valence-electron chi connectivity index (χ3n) is 18.8. The quantitative estimate of drug-likeness (QED) is 0.0320. The highest BCUT2D eigenvalue weighted by Gasteiger charge is 2.20. The molecule has 2 unspecified atom stereocenters. The zero-order chi connectivity index (χ0) is 62.0. The monoisotopic (exact) mass is 1210 g/mol. The lowest BCUT2D eigenvalue weighted by Crippen LogP contribution is -2.45. The summed E-state index contributed by atoms with van der Waals surface area (Å²) in [5.74, 6) is -0.0175. The van der Waals surface area contributed by atoms with Gasteiger partial charge in [-0.05, 0) is 57.8 Å². The van der Waals surface area contributed by atoms with Gasteiger partial charge in [-0.3, -0.25) is 9.59 Å². The average molecular weight is 1210 g/mol. The summed E-state index contributed by atoms with van der Waals surface area (Å²) in [4.78, 5) is 24.7. The van der Waals surface area contributed by atoms with E-state index in [1.54, 1.807) is 0 Å². The Labute approximate surface area is 539 Å². The second kappa shape index (κ2) is 75.8. The molecule has 1 amide bonds. The van der Waals surface area contributed by atoms with Crippen molar-refractivity contribution >= 4 is 11.9 Å². The molecule has 0 aromatic heterocycles. The molecule has 0 aliphatic rings. The number of esters is 1. The number of unbranched alkanes of at least 4 members (excludes halogenated alkanes) is 60. The molecule has 2 atom stereocenters. The largest absolute Gasteiger partial charge is 0.466 e. The fourth-order valence-electron chi connectivity index (χ4n) is 12.7. The number of ether oxygens (including phenoxy) is 1. The van der Waals surface area contributed by atoms with E-state index in [1.165, 1.54) is 366 Å². The minimum atomic E-state index is -0.663. The number of aliphatic hydroxyl groups is 2. The second-order valence-corrected chi connectivity index (χ2v) is 27.4. The topological polar surface area (TPSA) is 95.9 Å². The maximum absolute atomic E-state index is 12.6. The Morgan fingerprint density at radius 3 is 0.907 bits per heavy atom. The highest BCUT2D eigenvalue weighted by molar-refractivity contribution is 5.76. The lowest BCUT2D eigenvalue weighted by atomic mass is 10.0. The number of carbonyl (C=O) groups is 2. The number of hydrogen-bond acceptors (Lipinski definition) is 5. The molecule has 0 fully saturated rings. The van der Waals surface area contributed by atoms with Crippen LogP contribution in [0.2, 0.25) is 0 Å². The van der Waals surface area contributed by atoms with E-state index in [-0.39, 0.29) is 18.5 Å². The first-order valence-electron chi connectivity index (χ1n) is 39.6. The van der Waals surface area contributed by atoms with Gasteiger partial charge in [-0.2, -0.15) is 0 Å². The first-order chi connectivity index (χ1) is 42.5. The predicted molar refractivity (Wildman–Crippen MR) is 380 cm³/mol. The van der Waals surface area contributed by atoms with Crippen LogP contribution in [0.3, 0.4) is 0 Å². The van der Waals surface area contributed by atoms with Crippen LogP contribution in [0, 0.1) is 0 Å². The van der Waals surface area contributed by atoms with Crippen LogP contribution in [-0.4, -0.2) is 47.4 Å². The molecule has 0 bridgehead atoms.